The van der Waals surface area contributed by atoms with E-state index in [1.807, 2.05) is 12.1 Å². The van der Waals surface area contributed by atoms with Gasteiger partial charge in [-0.25, -0.2) is 0 Å². The van der Waals surface area contributed by atoms with E-state index in [2.05, 4.69) is 25.2 Å². The molecule has 1 atom stereocenters. The van der Waals surface area contributed by atoms with E-state index in [1.54, 1.807) is 0 Å². The molecule has 0 radical (unpaired) electrons. The molecule has 1 aliphatic heterocycles. The summed E-state index contributed by atoms with van der Waals surface area (Å²) in [6.45, 7) is 5.64. The van der Waals surface area contributed by atoms with E-state index in [9.17, 15) is 0 Å². The molecule has 1 aliphatic rings. The van der Waals surface area contributed by atoms with Crippen molar-refractivity contribution in [3.63, 3.8) is 0 Å². The van der Waals surface area contributed by atoms with Gasteiger partial charge in [0.05, 0.1) is 10.0 Å². The summed E-state index contributed by atoms with van der Waals surface area (Å²) >= 11 is 12.2. The number of rotatable bonds is 2. The van der Waals surface area contributed by atoms with Crippen LogP contribution in [0.5, 0.6) is 0 Å². The van der Waals surface area contributed by atoms with E-state index < -0.39 is 0 Å². The minimum atomic E-state index is 0.0464. The molecule has 1 nitrogen and oxygen atoms in total. The van der Waals surface area contributed by atoms with Crippen LogP contribution in [-0.2, 0) is 5.54 Å². The molecule has 3 heteroatoms. The topological polar surface area (TPSA) is 12.0 Å². The van der Waals surface area contributed by atoms with Crippen LogP contribution in [0, 0.1) is 5.92 Å². The lowest BCUT2D eigenvalue weighted by Crippen LogP contribution is -2.46. The first-order valence-corrected chi connectivity index (χ1v) is 7.52. The second-order valence-electron chi connectivity index (χ2n) is 5.49. The zero-order valence-corrected chi connectivity index (χ0v) is 12.6. The van der Waals surface area contributed by atoms with Gasteiger partial charge in [-0.1, -0.05) is 56.0 Å². The Hall–Kier alpha value is -0.240. The van der Waals surface area contributed by atoms with Crippen LogP contribution in [0.3, 0.4) is 0 Å². The molecule has 0 aliphatic carbocycles. The Bertz CT molecular complexity index is 407. The summed E-state index contributed by atoms with van der Waals surface area (Å²) in [7, 11) is 0. The highest BCUT2D eigenvalue weighted by molar-refractivity contribution is 6.42. The van der Waals surface area contributed by atoms with Crippen LogP contribution in [0.4, 0.5) is 0 Å². The fraction of sp³-hybridized carbons (Fsp3) is 0.600. The molecule has 1 aromatic carbocycles. The summed E-state index contributed by atoms with van der Waals surface area (Å²) in [6, 6.07) is 6.06. The van der Waals surface area contributed by atoms with Crippen LogP contribution in [0.1, 0.15) is 45.1 Å². The van der Waals surface area contributed by atoms with E-state index in [-0.39, 0.29) is 5.54 Å². The van der Waals surface area contributed by atoms with E-state index in [4.69, 9.17) is 23.2 Å². The second kappa shape index (κ2) is 5.81. The van der Waals surface area contributed by atoms with Crippen molar-refractivity contribution in [2.75, 3.05) is 6.54 Å². The maximum Gasteiger partial charge on any atom is 0.0595 e. The largest absolute Gasteiger partial charge is 0.307 e. The standard InChI is InChI=1S/C15H21Cl2N/c1-11(2)15(8-4-3-5-9-18-15)12-6-7-13(16)14(17)10-12/h6-7,10-11,18H,3-5,8-9H2,1-2H3. The van der Waals surface area contributed by atoms with Gasteiger partial charge < -0.3 is 5.32 Å². The number of benzene rings is 1. The van der Waals surface area contributed by atoms with Gasteiger partial charge in [0, 0.05) is 5.54 Å². The molecule has 0 bridgehead atoms. The normalized spacial score (nSPS) is 25.2. The molecule has 0 aromatic heterocycles. The van der Waals surface area contributed by atoms with Gasteiger partial charge in [0.25, 0.3) is 0 Å². The van der Waals surface area contributed by atoms with Crippen molar-refractivity contribution in [1.29, 1.82) is 0 Å². The van der Waals surface area contributed by atoms with Crippen molar-refractivity contribution in [2.45, 2.75) is 45.1 Å². The Morgan fingerprint density at radius 2 is 1.89 bits per heavy atom. The molecular formula is C15H21Cl2N. The van der Waals surface area contributed by atoms with Crippen molar-refractivity contribution in [3.8, 4) is 0 Å². The van der Waals surface area contributed by atoms with Gasteiger partial charge in [0.2, 0.25) is 0 Å². The Kier molecular flexibility index (Phi) is 4.58. The van der Waals surface area contributed by atoms with Crippen LogP contribution < -0.4 is 5.32 Å². The van der Waals surface area contributed by atoms with Gasteiger partial charge in [-0.2, -0.15) is 0 Å². The summed E-state index contributed by atoms with van der Waals surface area (Å²) in [4.78, 5) is 0. The van der Waals surface area contributed by atoms with Crippen molar-refractivity contribution >= 4 is 23.2 Å². The predicted octanol–water partition coefficient (Wildman–Crippen LogP) is 5.01. The Morgan fingerprint density at radius 3 is 2.56 bits per heavy atom. The molecule has 100 valence electrons. The third-order valence-electron chi connectivity index (χ3n) is 4.11. The van der Waals surface area contributed by atoms with Gasteiger partial charge in [-0.3, -0.25) is 0 Å². The van der Waals surface area contributed by atoms with Gasteiger partial charge >= 0.3 is 0 Å². The van der Waals surface area contributed by atoms with E-state index in [0.29, 0.717) is 16.0 Å². The van der Waals surface area contributed by atoms with Crippen molar-refractivity contribution in [3.05, 3.63) is 33.8 Å². The first-order chi connectivity index (χ1) is 8.56. The highest BCUT2D eigenvalue weighted by atomic mass is 35.5. The summed E-state index contributed by atoms with van der Waals surface area (Å²) in [5.74, 6) is 0.535. The predicted molar refractivity (Wildman–Crippen MR) is 79.4 cm³/mol. The summed E-state index contributed by atoms with van der Waals surface area (Å²) < 4.78 is 0. The first kappa shape index (κ1) is 14.2. The molecule has 1 heterocycles. The Balaban J connectivity index is 2.42. The maximum atomic E-state index is 6.18. The van der Waals surface area contributed by atoms with Crippen LogP contribution in [-0.4, -0.2) is 6.54 Å². The van der Waals surface area contributed by atoms with Gasteiger partial charge in [0.1, 0.15) is 0 Å². The van der Waals surface area contributed by atoms with Gasteiger partial charge in [-0.15, -0.1) is 0 Å². The third-order valence-corrected chi connectivity index (χ3v) is 4.85. The monoisotopic (exact) mass is 285 g/mol. The second-order valence-corrected chi connectivity index (χ2v) is 6.31. The molecule has 0 saturated carbocycles. The van der Waals surface area contributed by atoms with Crippen LogP contribution in [0.15, 0.2) is 18.2 Å². The molecule has 18 heavy (non-hydrogen) atoms. The average Bonchev–Trinajstić information content (AvgIpc) is 2.59. The van der Waals surface area contributed by atoms with Gasteiger partial charge in [-0.05, 0) is 43.0 Å². The van der Waals surface area contributed by atoms with Crippen molar-refractivity contribution < 1.29 is 0 Å². The van der Waals surface area contributed by atoms with E-state index in [0.717, 1.165) is 6.54 Å². The number of nitrogens with one attached hydrogen (secondary N) is 1. The van der Waals surface area contributed by atoms with Crippen molar-refractivity contribution in [1.82, 2.24) is 5.32 Å². The average molecular weight is 286 g/mol. The fourth-order valence-corrected chi connectivity index (χ4v) is 3.25. The van der Waals surface area contributed by atoms with Crippen LogP contribution >= 0.6 is 23.2 Å². The fourth-order valence-electron chi connectivity index (χ4n) is 2.95. The molecule has 0 amide bonds. The highest BCUT2D eigenvalue weighted by Gasteiger charge is 2.35. The molecule has 1 N–H and O–H groups in total. The lowest BCUT2D eigenvalue weighted by molar-refractivity contribution is 0.231. The van der Waals surface area contributed by atoms with Gasteiger partial charge in [0.15, 0.2) is 0 Å². The number of hydrogen-bond donors (Lipinski definition) is 1. The quantitative estimate of drug-likeness (QED) is 0.806. The van der Waals surface area contributed by atoms with E-state index >= 15 is 0 Å². The molecule has 0 spiro atoms. The first-order valence-electron chi connectivity index (χ1n) is 6.77. The van der Waals surface area contributed by atoms with Crippen LogP contribution in [0.25, 0.3) is 0 Å². The minimum absolute atomic E-state index is 0.0464. The zero-order chi connectivity index (χ0) is 13.2. The Morgan fingerprint density at radius 1 is 1.11 bits per heavy atom. The summed E-state index contributed by atoms with van der Waals surface area (Å²) in [5.41, 5.74) is 1.32. The van der Waals surface area contributed by atoms with Crippen molar-refractivity contribution in [2.24, 2.45) is 5.92 Å². The van der Waals surface area contributed by atoms with E-state index in [1.165, 1.54) is 31.2 Å². The Labute approximate surface area is 120 Å². The number of hydrogen-bond acceptors (Lipinski definition) is 1. The lowest BCUT2D eigenvalue weighted by Gasteiger charge is -2.38. The molecule has 1 fully saturated rings. The SMILES string of the molecule is CC(C)C1(c2ccc(Cl)c(Cl)c2)CCCCCN1. The summed E-state index contributed by atoms with van der Waals surface area (Å²) in [5, 5.41) is 5.04. The highest BCUT2D eigenvalue weighted by Crippen LogP contribution is 2.38. The third kappa shape index (κ3) is 2.68. The molecule has 2 rings (SSSR count). The minimum Gasteiger partial charge on any atom is -0.307 e. The lowest BCUT2D eigenvalue weighted by atomic mass is 9.76. The zero-order valence-electron chi connectivity index (χ0n) is 11.1. The molecular weight excluding hydrogens is 265 g/mol. The molecule has 1 aromatic rings. The smallest absolute Gasteiger partial charge is 0.0595 e. The summed E-state index contributed by atoms with van der Waals surface area (Å²) in [6.07, 6.45) is 5.01. The van der Waals surface area contributed by atoms with Crippen LogP contribution in [0.2, 0.25) is 10.0 Å². The molecule has 1 saturated heterocycles. The molecule has 1 unspecified atom stereocenters. The maximum absolute atomic E-state index is 6.18. The number of halogens is 2.